The normalized spacial score (nSPS) is 34.6. The molecule has 0 spiro atoms. The molecule has 110 valence electrons. The molecule has 1 saturated heterocycles. The maximum atomic E-state index is 6.32. The van der Waals surface area contributed by atoms with Gasteiger partial charge in [0.15, 0.2) is 0 Å². The first kappa shape index (κ1) is 15.2. The van der Waals surface area contributed by atoms with Crippen LogP contribution in [-0.2, 0) is 13.6 Å². The summed E-state index contributed by atoms with van der Waals surface area (Å²) < 4.78 is 17.7. The van der Waals surface area contributed by atoms with E-state index in [2.05, 4.69) is 6.55 Å². The predicted octanol–water partition coefficient (Wildman–Crippen LogP) is 2.92. The largest absolute Gasteiger partial charge is 0.398 e. The Morgan fingerprint density at radius 3 is 2.89 bits per heavy atom. The van der Waals surface area contributed by atoms with Gasteiger partial charge in [-0.3, -0.25) is 4.99 Å². The van der Waals surface area contributed by atoms with Gasteiger partial charge in [-0.05, 0) is 38.3 Å². The van der Waals surface area contributed by atoms with Gasteiger partial charge in [0, 0.05) is 26.0 Å². The number of hydrogen-bond acceptors (Lipinski definition) is 4. The van der Waals surface area contributed by atoms with Crippen LogP contribution in [0.25, 0.3) is 0 Å². The third-order valence-corrected chi connectivity index (χ3v) is 6.95. The highest BCUT2D eigenvalue weighted by Gasteiger charge is 2.36. The van der Waals surface area contributed by atoms with E-state index in [4.69, 9.17) is 18.6 Å². The van der Waals surface area contributed by atoms with Crippen LogP contribution in [0.3, 0.4) is 0 Å². The Morgan fingerprint density at radius 1 is 1.21 bits per heavy atom. The monoisotopic (exact) mass is 285 g/mol. The Bertz CT molecular complexity index is 311. The van der Waals surface area contributed by atoms with Crippen LogP contribution < -0.4 is 0 Å². The first-order chi connectivity index (χ1) is 9.23. The van der Waals surface area contributed by atoms with E-state index in [1.54, 1.807) is 7.11 Å². The molecular weight excluding hydrogens is 258 g/mol. The topological polar surface area (TPSA) is 40.0 Å². The second-order valence-electron chi connectivity index (χ2n) is 5.66. The Labute approximate surface area is 117 Å². The van der Waals surface area contributed by atoms with Crippen molar-refractivity contribution < 1.29 is 13.6 Å². The van der Waals surface area contributed by atoms with Gasteiger partial charge in [-0.2, -0.15) is 0 Å². The van der Waals surface area contributed by atoms with Gasteiger partial charge >= 0.3 is 8.56 Å². The summed E-state index contributed by atoms with van der Waals surface area (Å²) in [6.45, 7) is 4.57. The van der Waals surface area contributed by atoms with E-state index in [0.29, 0.717) is 6.61 Å². The molecule has 0 amide bonds. The van der Waals surface area contributed by atoms with Crippen LogP contribution in [0.15, 0.2) is 4.99 Å². The number of ether oxygens (including phenoxy) is 1. The standard InChI is InChI=1S/C14H27NO3Si/c1-16-19(2)11-7-10-17-12-14(18-19)13-8-5-3-4-6-9-15-13/h14H,3-12H2,1-2H3. The number of hydrogen-bond donors (Lipinski definition) is 0. The van der Waals surface area contributed by atoms with Crippen molar-refractivity contribution in [3.63, 3.8) is 0 Å². The number of rotatable bonds is 2. The van der Waals surface area contributed by atoms with Gasteiger partial charge in [0.25, 0.3) is 0 Å². The van der Waals surface area contributed by atoms with Crippen LogP contribution >= 0.6 is 0 Å². The third-order valence-electron chi connectivity index (χ3n) is 4.04. The van der Waals surface area contributed by atoms with Gasteiger partial charge in [-0.1, -0.05) is 12.8 Å². The number of nitrogens with zero attached hydrogens (tertiary/aromatic N) is 1. The Kier molecular flexibility index (Phi) is 6.00. The molecule has 5 heteroatoms. The molecule has 19 heavy (non-hydrogen) atoms. The van der Waals surface area contributed by atoms with E-state index in [1.165, 1.54) is 31.4 Å². The fourth-order valence-electron chi connectivity index (χ4n) is 2.73. The highest BCUT2D eigenvalue weighted by molar-refractivity contribution is 6.66. The Balaban J connectivity index is 2.05. The lowest BCUT2D eigenvalue weighted by Crippen LogP contribution is -2.47. The maximum Gasteiger partial charge on any atom is 0.335 e. The van der Waals surface area contributed by atoms with Crippen molar-refractivity contribution in [3.05, 3.63) is 0 Å². The van der Waals surface area contributed by atoms with Crippen molar-refractivity contribution in [1.82, 2.24) is 0 Å². The summed E-state index contributed by atoms with van der Waals surface area (Å²) in [5.74, 6) is 0. The zero-order chi connectivity index (χ0) is 13.6. The highest BCUT2D eigenvalue weighted by atomic mass is 28.4. The molecule has 2 atom stereocenters. The molecule has 0 radical (unpaired) electrons. The van der Waals surface area contributed by atoms with E-state index >= 15 is 0 Å². The molecule has 2 aliphatic rings. The molecule has 2 aliphatic heterocycles. The van der Waals surface area contributed by atoms with Gasteiger partial charge in [-0.25, -0.2) is 0 Å². The van der Waals surface area contributed by atoms with Crippen LogP contribution in [0, 0.1) is 0 Å². The van der Waals surface area contributed by atoms with E-state index in [-0.39, 0.29) is 6.10 Å². The van der Waals surface area contributed by atoms with Crippen LogP contribution in [0.1, 0.15) is 38.5 Å². The maximum absolute atomic E-state index is 6.32. The summed E-state index contributed by atoms with van der Waals surface area (Å²) in [5, 5.41) is 0. The van der Waals surface area contributed by atoms with Crippen LogP contribution in [0.2, 0.25) is 12.6 Å². The molecule has 0 aliphatic carbocycles. The second kappa shape index (κ2) is 7.52. The van der Waals surface area contributed by atoms with Gasteiger partial charge in [0.05, 0.1) is 6.61 Å². The minimum atomic E-state index is -2.03. The second-order valence-corrected chi connectivity index (χ2v) is 9.07. The van der Waals surface area contributed by atoms with E-state index in [1.807, 2.05) is 0 Å². The van der Waals surface area contributed by atoms with Gasteiger partial charge in [0.2, 0.25) is 0 Å². The molecule has 0 aromatic carbocycles. The minimum Gasteiger partial charge on any atom is -0.398 e. The lowest BCUT2D eigenvalue weighted by Gasteiger charge is -2.33. The van der Waals surface area contributed by atoms with E-state index in [9.17, 15) is 0 Å². The van der Waals surface area contributed by atoms with E-state index in [0.717, 1.165) is 32.0 Å². The summed E-state index contributed by atoms with van der Waals surface area (Å²) in [4.78, 5) is 4.76. The third kappa shape index (κ3) is 4.67. The highest BCUT2D eigenvalue weighted by Crippen LogP contribution is 2.22. The molecule has 2 unspecified atom stereocenters. The summed E-state index contributed by atoms with van der Waals surface area (Å²) in [6.07, 6.45) is 7.17. The average molecular weight is 285 g/mol. The first-order valence-electron chi connectivity index (χ1n) is 7.57. The SMILES string of the molecule is CO[Si]1(C)CCCOCC(C2=NCCCCCC2)O1. The summed E-state index contributed by atoms with van der Waals surface area (Å²) >= 11 is 0. The van der Waals surface area contributed by atoms with Crippen LogP contribution in [0.5, 0.6) is 0 Å². The zero-order valence-corrected chi connectivity index (χ0v) is 13.3. The molecule has 2 heterocycles. The Morgan fingerprint density at radius 2 is 2.05 bits per heavy atom. The molecule has 1 fully saturated rings. The average Bonchev–Trinajstić information content (AvgIpc) is 2.34. The molecule has 0 aromatic heterocycles. The molecule has 0 N–H and O–H groups in total. The summed E-state index contributed by atoms with van der Waals surface area (Å²) in [6, 6.07) is 1.01. The van der Waals surface area contributed by atoms with Crippen molar-refractivity contribution in [3.8, 4) is 0 Å². The van der Waals surface area contributed by atoms with Crippen molar-refractivity contribution >= 4 is 14.3 Å². The van der Waals surface area contributed by atoms with Gasteiger partial charge < -0.3 is 13.6 Å². The van der Waals surface area contributed by atoms with Crippen LogP contribution in [-0.4, -0.2) is 47.2 Å². The van der Waals surface area contributed by atoms with Crippen molar-refractivity contribution in [2.75, 3.05) is 26.9 Å². The van der Waals surface area contributed by atoms with Crippen molar-refractivity contribution in [2.45, 2.75) is 57.2 Å². The van der Waals surface area contributed by atoms with Gasteiger partial charge in [-0.15, -0.1) is 0 Å². The predicted molar refractivity (Wildman–Crippen MR) is 79.1 cm³/mol. The molecule has 0 aromatic rings. The summed E-state index contributed by atoms with van der Waals surface area (Å²) in [5.41, 5.74) is 1.21. The molecule has 0 saturated carbocycles. The fraction of sp³-hybridized carbons (Fsp3) is 0.929. The van der Waals surface area contributed by atoms with Crippen molar-refractivity contribution in [1.29, 1.82) is 0 Å². The summed E-state index contributed by atoms with van der Waals surface area (Å²) in [7, 11) is -0.247. The molecular formula is C14H27NO3Si. The van der Waals surface area contributed by atoms with Gasteiger partial charge in [0.1, 0.15) is 6.10 Å². The molecule has 0 bridgehead atoms. The minimum absolute atomic E-state index is 0.0232. The fourth-order valence-corrected chi connectivity index (χ4v) is 4.74. The quantitative estimate of drug-likeness (QED) is 0.732. The molecule has 4 nitrogen and oxygen atoms in total. The van der Waals surface area contributed by atoms with Crippen molar-refractivity contribution in [2.24, 2.45) is 4.99 Å². The van der Waals surface area contributed by atoms with E-state index < -0.39 is 8.56 Å². The lowest BCUT2D eigenvalue weighted by molar-refractivity contribution is 0.0454. The first-order valence-corrected chi connectivity index (χ1v) is 10.1. The van der Waals surface area contributed by atoms with Crippen LogP contribution in [0.4, 0.5) is 0 Å². The smallest absolute Gasteiger partial charge is 0.335 e. The number of aliphatic imine (C=N–C) groups is 1. The Hall–Kier alpha value is -0.233. The molecule has 2 rings (SSSR count). The lowest BCUT2D eigenvalue weighted by atomic mass is 10.0. The zero-order valence-electron chi connectivity index (χ0n) is 12.3.